The lowest BCUT2D eigenvalue weighted by molar-refractivity contribution is 0.565. The maximum atomic E-state index is 11.5. The molecule has 0 spiro atoms. The number of nitrogens with two attached hydrogens (primary N) is 1. The number of benzene rings is 1. The van der Waals surface area contributed by atoms with Crippen LogP contribution in [0.3, 0.4) is 0 Å². The largest absolute Gasteiger partial charge is 0.367 e. The van der Waals surface area contributed by atoms with Crippen LogP contribution in [0.4, 0.5) is 0 Å². The van der Waals surface area contributed by atoms with Gasteiger partial charge in [0.1, 0.15) is 0 Å². The molecule has 78 valence electrons. The predicted octanol–water partition coefficient (Wildman–Crippen LogP) is 0.0258. The Morgan fingerprint density at radius 2 is 1.87 bits per heavy atom. The second kappa shape index (κ2) is 4.50. The molecule has 0 aliphatic rings. The van der Waals surface area contributed by atoms with Crippen molar-refractivity contribution in [3.63, 3.8) is 0 Å². The molecule has 0 fully saturated rings. The highest BCUT2D eigenvalue weighted by Gasteiger charge is 2.12. The zero-order valence-electron chi connectivity index (χ0n) is 7.49. The number of aliphatic imine (C=N–C) groups is 1. The van der Waals surface area contributed by atoms with Gasteiger partial charge in [-0.25, -0.2) is 4.79 Å². The number of sulfonamides is 1. The van der Waals surface area contributed by atoms with E-state index in [1.165, 1.54) is 12.1 Å². The highest BCUT2D eigenvalue weighted by Crippen LogP contribution is 2.10. The average Bonchev–Trinajstić information content (AvgIpc) is 2.18. The third-order valence-electron chi connectivity index (χ3n) is 1.41. The summed E-state index contributed by atoms with van der Waals surface area (Å²) in [5.74, 6) is -0.645. The normalized spacial score (nSPS) is 11.9. The molecule has 6 nitrogen and oxygen atoms in total. The van der Waals surface area contributed by atoms with Crippen molar-refractivity contribution >= 4 is 22.1 Å². The van der Waals surface area contributed by atoms with Crippen LogP contribution in [0.2, 0.25) is 0 Å². The van der Waals surface area contributed by atoms with Crippen molar-refractivity contribution in [1.29, 1.82) is 0 Å². The van der Waals surface area contributed by atoms with Crippen LogP contribution in [-0.2, 0) is 14.8 Å². The first-order chi connectivity index (χ1) is 7.06. The molecule has 0 aliphatic heterocycles. The Hall–Kier alpha value is -1.98. The minimum Gasteiger partial charge on any atom is -0.367 e. The van der Waals surface area contributed by atoms with Crippen molar-refractivity contribution < 1.29 is 13.2 Å². The number of hydrogen-bond donors (Lipinski definition) is 1. The fourth-order valence-corrected chi connectivity index (χ4v) is 1.73. The Morgan fingerprint density at radius 3 is 2.40 bits per heavy atom. The van der Waals surface area contributed by atoms with E-state index >= 15 is 0 Å². The number of isocyanates is 1. The van der Waals surface area contributed by atoms with E-state index < -0.39 is 16.0 Å². The second-order valence-corrected chi connectivity index (χ2v) is 4.04. The summed E-state index contributed by atoms with van der Waals surface area (Å²) < 4.78 is 26.0. The third kappa shape index (κ3) is 3.01. The predicted molar refractivity (Wildman–Crippen MR) is 53.4 cm³/mol. The molecule has 0 bridgehead atoms. The van der Waals surface area contributed by atoms with Gasteiger partial charge in [0.15, 0.2) is 0 Å². The molecule has 1 rings (SSSR count). The zero-order chi connectivity index (χ0) is 11.3. The van der Waals surface area contributed by atoms with Crippen molar-refractivity contribution in [2.24, 2.45) is 15.1 Å². The number of guanidine groups is 1. The Morgan fingerprint density at radius 1 is 1.27 bits per heavy atom. The lowest BCUT2D eigenvalue weighted by Crippen LogP contribution is -2.11. The zero-order valence-corrected chi connectivity index (χ0v) is 8.31. The number of rotatable bonds is 2. The minimum atomic E-state index is -3.89. The lowest BCUT2D eigenvalue weighted by Gasteiger charge is -1.96. The number of hydrogen-bond acceptors (Lipinski definition) is 3. The Balaban J connectivity index is 3.16. The van der Waals surface area contributed by atoms with Crippen LogP contribution in [0.15, 0.2) is 44.6 Å². The van der Waals surface area contributed by atoms with Crippen molar-refractivity contribution in [1.82, 2.24) is 0 Å². The van der Waals surface area contributed by atoms with Gasteiger partial charge in [-0.05, 0) is 12.1 Å². The molecule has 15 heavy (non-hydrogen) atoms. The van der Waals surface area contributed by atoms with Gasteiger partial charge in [-0.1, -0.05) is 18.2 Å². The van der Waals surface area contributed by atoms with E-state index in [2.05, 4.69) is 9.39 Å². The van der Waals surface area contributed by atoms with Gasteiger partial charge < -0.3 is 5.73 Å². The quantitative estimate of drug-likeness (QED) is 0.435. The molecule has 0 unspecified atom stereocenters. The molecule has 0 saturated carbocycles. The first kappa shape index (κ1) is 11.1. The highest BCUT2D eigenvalue weighted by molar-refractivity contribution is 7.90. The molecule has 2 N–H and O–H groups in total. The van der Waals surface area contributed by atoms with Crippen LogP contribution in [0.1, 0.15) is 0 Å². The fourth-order valence-electron chi connectivity index (χ4n) is 0.835. The smallest absolute Gasteiger partial charge is 0.285 e. The standard InChI is InChI=1S/C8H7N3O3S/c9-8(10-6-12)11-15(13,14)7-4-2-1-3-5-7/h1-5H,(H2,9,11). The summed E-state index contributed by atoms with van der Waals surface area (Å²) in [4.78, 5) is 12.6. The van der Waals surface area contributed by atoms with Crippen molar-refractivity contribution in [3.05, 3.63) is 30.3 Å². The van der Waals surface area contributed by atoms with Crippen LogP contribution < -0.4 is 5.73 Å². The van der Waals surface area contributed by atoms with Crippen molar-refractivity contribution in [2.75, 3.05) is 0 Å². The van der Waals surface area contributed by atoms with E-state index in [4.69, 9.17) is 5.73 Å². The molecule has 1 aromatic carbocycles. The monoisotopic (exact) mass is 225 g/mol. The van der Waals surface area contributed by atoms with Gasteiger partial charge in [-0.15, -0.1) is 9.39 Å². The fraction of sp³-hybridized carbons (Fsp3) is 0. The number of nitrogens with zero attached hydrogens (tertiary/aromatic N) is 2. The van der Waals surface area contributed by atoms with E-state index in [-0.39, 0.29) is 4.90 Å². The summed E-state index contributed by atoms with van der Waals surface area (Å²) in [5.41, 5.74) is 5.05. The van der Waals surface area contributed by atoms with Crippen LogP contribution in [0, 0.1) is 0 Å². The Labute approximate surface area is 86.2 Å². The molecule has 0 radical (unpaired) electrons. The number of carbonyl (C=O) groups excluding carboxylic acids is 1. The van der Waals surface area contributed by atoms with E-state index in [1.807, 2.05) is 0 Å². The van der Waals surface area contributed by atoms with Gasteiger partial charge in [0.05, 0.1) is 4.90 Å². The SMILES string of the molecule is NC(N=C=O)=NS(=O)(=O)c1ccccc1. The summed E-state index contributed by atoms with van der Waals surface area (Å²) >= 11 is 0. The highest BCUT2D eigenvalue weighted by atomic mass is 32.2. The molecule has 0 amide bonds. The first-order valence-electron chi connectivity index (χ1n) is 3.79. The molecule has 0 aliphatic carbocycles. The van der Waals surface area contributed by atoms with Gasteiger partial charge in [-0.3, -0.25) is 0 Å². The maximum Gasteiger partial charge on any atom is 0.285 e. The van der Waals surface area contributed by atoms with Gasteiger partial charge in [0.25, 0.3) is 10.0 Å². The Bertz CT molecular complexity index is 515. The van der Waals surface area contributed by atoms with Gasteiger partial charge >= 0.3 is 0 Å². The Kier molecular flexibility index (Phi) is 3.33. The van der Waals surface area contributed by atoms with Crippen LogP contribution >= 0.6 is 0 Å². The van der Waals surface area contributed by atoms with Gasteiger partial charge in [0.2, 0.25) is 12.0 Å². The molecule has 0 saturated heterocycles. The molecular weight excluding hydrogens is 218 g/mol. The van der Waals surface area contributed by atoms with Crippen molar-refractivity contribution in [3.8, 4) is 0 Å². The van der Waals surface area contributed by atoms with Crippen LogP contribution in [-0.4, -0.2) is 20.5 Å². The summed E-state index contributed by atoms with van der Waals surface area (Å²) in [6.45, 7) is 0. The molecule has 0 aromatic heterocycles. The summed E-state index contributed by atoms with van der Waals surface area (Å²) in [5, 5.41) is 0. The summed E-state index contributed by atoms with van der Waals surface area (Å²) in [6.07, 6.45) is 1.10. The molecule has 0 heterocycles. The van der Waals surface area contributed by atoms with Gasteiger partial charge in [-0.2, -0.15) is 8.42 Å². The molecule has 1 aromatic rings. The minimum absolute atomic E-state index is 0.0194. The summed E-state index contributed by atoms with van der Waals surface area (Å²) in [6, 6.07) is 7.46. The van der Waals surface area contributed by atoms with Crippen LogP contribution in [0.25, 0.3) is 0 Å². The maximum absolute atomic E-state index is 11.5. The molecule has 0 atom stereocenters. The third-order valence-corrected chi connectivity index (χ3v) is 2.71. The van der Waals surface area contributed by atoms with E-state index in [0.29, 0.717) is 0 Å². The van der Waals surface area contributed by atoms with Gasteiger partial charge in [0, 0.05) is 0 Å². The lowest BCUT2D eigenvalue weighted by atomic mass is 10.4. The van der Waals surface area contributed by atoms with E-state index in [1.54, 1.807) is 18.2 Å². The van der Waals surface area contributed by atoms with E-state index in [0.717, 1.165) is 6.08 Å². The summed E-state index contributed by atoms with van der Waals surface area (Å²) in [7, 11) is -3.89. The molecular formula is C8H7N3O3S. The van der Waals surface area contributed by atoms with E-state index in [9.17, 15) is 13.2 Å². The van der Waals surface area contributed by atoms with Crippen LogP contribution in [0.5, 0.6) is 0 Å². The second-order valence-electron chi connectivity index (χ2n) is 2.44. The van der Waals surface area contributed by atoms with Crippen molar-refractivity contribution in [2.45, 2.75) is 4.90 Å². The molecule has 7 heteroatoms. The first-order valence-corrected chi connectivity index (χ1v) is 5.23. The average molecular weight is 225 g/mol. The topological polar surface area (TPSA) is 102 Å².